The highest BCUT2D eigenvalue weighted by Gasteiger charge is 2.45. The van der Waals surface area contributed by atoms with E-state index in [0.717, 1.165) is 19.3 Å². The van der Waals surface area contributed by atoms with Crippen LogP contribution in [0.15, 0.2) is 0 Å². The molecule has 1 saturated heterocycles. The summed E-state index contributed by atoms with van der Waals surface area (Å²) in [5, 5.41) is 4.43. The van der Waals surface area contributed by atoms with Crippen LogP contribution in [0.2, 0.25) is 0 Å². The summed E-state index contributed by atoms with van der Waals surface area (Å²) in [6.45, 7) is 0.480. The summed E-state index contributed by atoms with van der Waals surface area (Å²) >= 11 is 0. The molecule has 1 aliphatic carbocycles. The zero-order valence-electron chi connectivity index (χ0n) is 6.41. The van der Waals surface area contributed by atoms with Gasteiger partial charge in [0.2, 0.25) is 0 Å². The van der Waals surface area contributed by atoms with Gasteiger partial charge in [0.05, 0.1) is 0 Å². The summed E-state index contributed by atoms with van der Waals surface area (Å²) in [6.07, 6.45) is 4.30. The normalized spacial score (nSPS) is 45.0. The van der Waals surface area contributed by atoms with E-state index >= 15 is 0 Å². The van der Waals surface area contributed by atoms with Crippen molar-refractivity contribution in [2.45, 2.75) is 37.3 Å². The maximum atomic E-state index is 5.89. The van der Waals surface area contributed by atoms with E-state index in [4.69, 9.17) is 15.5 Å². The third kappa shape index (κ3) is 1.16. The highest BCUT2D eigenvalue weighted by molar-refractivity contribution is 4.94. The number of hydrogen-bond donors (Lipinski definition) is 1. The van der Waals surface area contributed by atoms with Crippen molar-refractivity contribution in [1.82, 2.24) is 0 Å². The Bertz CT molecular complexity index is 145. The molecule has 4 nitrogen and oxygen atoms in total. The summed E-state index contributed by atoms with van der Waals surface area (Å²) in [5.41, 5.74) is 5.55. The maximum absolute atomic E-state index is 5.89. The first-order valence-electron chi connectivity index (χ1n) is 4.06. The number of rotatable bonds is 0. The fraction of sp³-hybridized carbons (Fsp3) is 1.00. The molecule has 2 rings (SSSR count). The van der Waals surface area contributed by atoms with E-state index in [-0.39, 0.29) is 11.6 Å². The van der Waals surface area contributed by atoms with Crippen molar-refractivity contribution in [1.29, 1.82) is 0 Å². The van der Waals surface area contributed by atoms with Gasteiger partial charge in [-0.2, -0.15) is 4.89 Å². The molecule has 0 radical (unpaired) electrons. The van der Waals surface area contributed by atoms with Crippen molar-refractivity contribution in [3.8, 4) is 0 Å². The second-order valence-electron chi connectivity index (χ2n) is 3.33. The van der Waals surface area contributed by atoms with Crippen LogP contribution in [0.25, 0.3) is 0 Å². The molecule has 0 bridgehead atoms. The van der Waals surface area contributed by atoms with E-state index in [0.29, 0.717) is 6.61 Å². The zero-order chi connectivity index (χ0) is 7.73. The molecule has 2 fully saturated rings. The van der Waals surface area contributed by atoms with Crippen LogP contribution >= 0.6 is 0 Å². The molecule has 64 valence electrons. The van der Waals surface area contributed by atoms with E-state index in [1.54, 1.807) is 0 Å². The average molecular weight is 159 g/mol. The molecule has 4 heteroatoms. The number of hydrogen-bond acceptors (Lipinski definition) is 4. The minimum absolute atomic E-state index is 0.0683. The Morgan fingerprint density at radius 1 is 1.36 bits per heavy atom. The maximum Gasteiger partial charge on any atom is 0.148 e. The fourth-order valence-electron chi connectivity index (χ4n) is 1.76. The van der Waals surface area contributed by atoms with Gasteiger partial charge in [0.15, 0.2) is 0 Å². The Hall–Kier alpha value is -0.160. The van der Waals surface area contributed by atoms with Crippen LogP contribution in [-0.4, -0.2) is 18.2 Å². The Balaban J connectivity index is 2.07. The van der Waals surface area contributed by atoms with Crippen molar-refractivity contribution in [2.24, 2.45) is 5.73 Å². The van der Waals surface area contributed by atoms with Crippen molar-refractivity contribution in [3.05, 3.63) is 0 Å². The standard InChI is InChI=1S/C7H13NO3/c8-6-3-1-2-4-7(6)5-9-11-10-7/h6H,1-5,8H2. The summed E-state index contributed by atoms with van der Waals surface area (Å²) in [4.78, 5) is 9.75. The second-order valence-corrected chi connectivity index (χ2v) is 3.33. The summed E-state index contributed by atoms with van der Waals surface area (Å²) in [5.74, 6) is 0. The second kappa shape index (κ2) is 2.71. The molecule has 2 atom stereocenters. The molecule has 0 aromatic carbocycles. The van der Waals surface area contributed by atoms with Crippen LogP contribution in [0.1, 0.15) is 25.7 Å². The van der Waals surface area contributed by atoms with Gasteiger partial charge in [0.25, 0.3) is 0 Å². The summed E-state index contributed by atoms with van der Waals surface area (Å²) in [7, 11) is 0. The Labute approximate surface area is 65.5 Å². The minimum Gasteiger partial charge on any atom is -0.325 e. The van der Waals surface area contributed by atoms with E-state index in [2.05, 4.69) is 5.04 Å². The first kappa shape index (κ1) is 7.49. The Kier molecular flexibility index (Phi) is 1.85. The van der Waals surface area contributed by atoms with E-state index < -0.39 is 0 Å². The lowest BCUT2D eigenvalue weighted by Gasteiger charge is -2.33. The van der Waals surface area contributed by atoms with Gasteiger partial charge in [-0.1, -0.05) is 17.9 Å². The fourth-order valence-corrected chi connectivity index (χ4v) is 1.76. The first-order valence-corrected chi connectivity index (χ1v) is 4.06. The van der Waals surface area contributed by atoms with Crippen molar-refractivity contribution >= 4 is 0 Å². The van der Waals surface area contributed by atoms with Gasteiger partial charge in [-0.3, -0.25) is 0 Å². The van der Waals surface area contributed by atoms with Crippen molar-refractivity contribution in [2.75, 3.05) is 6.61 Å². The zero-order valence-corrected chi connectivity index (χ0v) is 6.41. The van der Waals surface area contributed by atoms with Crippen LogP contribution in [0, 0.1) is 0 Å². The molecule has 0 aromatic rings. The quantitative estimate of drug-likeness (QED) is 0.523. The van der Waals surface area contributed by atoms with Gasteiger partial charge in [-0.25, -0.2) is 4.89 Å². The molecule has 1 aliphatic heterocycles. The smallest absolute Gasteiger partial charge is 0.148 e. The third-order valence-corrected chi connectivity index (χ3v) is 2.59. The van der Waals surface area contributed by atoms with Gasteiger partial charge >= 0.3 is 0 Å². The van der Waals surface area contributed by atoms with Crippen LogP contribution in [0.5, 0.6) is 0 Å². The van der Waals surface area contributed by atoms with Crippen LogP contribution < -0.4 is 5.73 Å². The molecule has 0 aromatic heterocycles. The molecule has 1 heterocycles. The van der Waals surface area contributed by atoms with E-state index in [9.17, 15) is 0 Å². The van der Waals surface area contributed by atoms with Gasteiger partial charge in [0.1, 0.15) is 12.2 Å². The van der Waals surface area contributed by atoms with Gasteiger partial charge in [-0.15, -0.1) is 0 Å². The lowest BCUT2D eigenvalue weighted by Crippen LogP contribution is -2.51. The predicted molar refractivity (Wildman–Crippen MR) is 37.3 cm³/mol. The Morgan fingerprint density at radius 3 is 2.91 bits per heavy atom. The SMILES string of the molecule is NC1CCCCC12COOO2. The first-order chi connectivity index (χ1) is 5.33. The summed E-state index contributed by atoms with van der Waals surface area (Å²) in [6, 6.07) is 0.0683. The molecule has 1 spiro atoms. The van der Waals surface area contributed by atoms with Gasteiger partial charge < -0.3 is 5.73 Å². The minimum atomic E-state index is -0.335. The van der Waals surface area contributed by atoms with E-state index in [1.165, 1.54) is 6.42 Å². The van der Waals surface area contributed by atoms with Crippen LogP contribution in [0.4, 0.5) is 0 Å². The monoisotopic (exact) mass is 159 g/mol. The average Bonchev–Trinajstić information content (AvgIpc) is 2.46. The van der Waals surface area contributed by atoms with Gasteiger partial charge in [0, 0.05) is 6.04 Å². The van der Waals surface area contributed by atoms with Gasteiger partial charge in [-0.05, 0) is 12.8 Å². The van der Waals surface area contributed by atoms with E-state index in [1.807, 2.05) is 0 Å². The molecule has 0 amide bonds. The summed E-state index contributed by atoms with van der Waals surface area (Å²) < 4.78 is 0. The molecule has 2 N–H and O–H groups in total. The number of nitrogens with two attached hydrogens (primary N) is 1. The lowest BCUT2D eigenvalue weighted by molar-refractivity contribution is -0.472. The molecule has 2 unspecified atom stereocenters. The van der Waals surface area contributed by atoms with Crippen LogP contribution in [-0.2, 0) is 14.8 Å². The molecule has 2 aliphatic rings. The third-order valence-electron chi connectivity index (χ3n) is 2.59. The topological polar surface area (TPSA) is 53.7 Å². The Morgan fingerprint density at radius 2 is 2.27 bits per heavy atom. The predicted octanol–water partition coefficient (Wildman–Crippen LogP) is 0.520. The highest BCUT2D eigenvalue weighted by atomic mass is 17.5. The van der Waals surface area contributed by atoms with Crippen molar-refractivity contribution < 1.29 is 14.8 Å². The molecular weight excluding hydrogens is 146 g/mol. The largest absolute Gasteiger partial charge is 0.325 e. The highest BCUT2D eigenvalue weighted by Crippen LogP contribution is 2.34. The van der Waals surface area contributed by atoms with Crippen LogP contribution in [0.3, 0.4) is 0 Å². The molecule has 11 heavy (non-hydrogen) atoms. The molecule has 1 saturated carbocycles. The molecular formula is C7H13NO3. The lowest BCUT2D eigenvalue weighted by atomic mass is 9.81. The van der Waals surface area contributed by atoms with Crippen molar-refractivity contribution in [3.63, 3.8) is 0 Å².